The van der Waals surface area contributed by atoms with Gasteiger partial charge in [0.1, 0.15) is 18.5 Å². The molecule has 0 spiro atoms. The average Bonchev–Trinajstić information content (AvgIpc) is 3.29. The number of aromatic nitrogens is 3. The molecule has 0 bridgehead atoms. The van der Waals surface area contributed by atoms with Crippen molar-refractivity contribution in [1.82, 2.24) is 20.1 Å². The number of hydrogen-bond donors (Lipinski definition) is 1. The van der Waals surface area contributed by atoms with E-state index in [4.69, 9.17) is 0 Å². The molecule has 2 unspecified atom stereocenters. The van der Waals surface area contributed by atoms with Gasteiger partial charge in [0.2, 0.25) is 5.91 Å². The Labute approximate surface area is 150 Å². The molecule has 0 saturated heterocycles. The third kappa shape index (κ3) is 3.79. The second kappa shape index (κ2) is 7.07. The van der Waals surface area contributed by atoms with Crippen molar-refractivity contribution in [3.8, 4) is 0 Å². The number of rotatable bonds is 6. The fraction of sp³-hybridized carbons (Fsp3) is 0.250. The van der Waals surface area contributed by atoms with Crippen LogP contribution in [-0.2, 0) is 17.9 Å². The van der Waals surface area contributed by atoms with Crippen LogP contribution in [0.15, 0.2) is 61.2 Å². The van der Waals surface area contributed by atoms with Crippen LogP contribution in [0.4, 0.5) is 4.39 Å². The lowest BCUT2D eigenvalue weighted by molar-refractivity contribution is -0.122. The maximum atomic E-state index is 13.0. The molecule has 1 aliphatic carbocycles. The predicted octanol–water partition coefficient (Wildman–Crippen LogP) is 2.89. The average molecular weight is 350 g/mol. The van der Waals surface area contributed by atoms with Crippen LogP contribution in [0.2, 0.25) is 0 Å². The van der Waals surface area contributed by atoms with Gasteiger partial charge in [-0.1, -0.05) is 36.4 Å². The van der Waals surface area contributed by atoms with E-state index in [2.05, 4.69) is 21.5 Å². The molecule has 1 heterocycles. The van der Waals surface area contributed by atoms with Gasteiger partial charge in [0.05, 0.1) is 6.54 Å². The fourth-order valence-corrected chi connectivity index (χ4v) is 3.22. The van der Waals surface area contributed by atoms with Gasteiger partial charge in [-0.15, -0.1) is 0 Å². The van der Waals surface area contributed by atoms with Crippen LogP contribution in [0.1, 0.15) is 29.0 Å². The Morgan fingerprint density at radius 2 is 2.00 bits per heavy atom. The molecule has 0 aliphatic heterocycles. The van der Waals surface area contributed by atoms with Crippen molar-refractivity contribution in [3.05, 3.63) is 83.7 Å². The molecule has 3 aromatic rings. The monoisotopic (exact) mass is 350 g/mol. The standard InChI is InChI=1S/C20H19FN4O/c21-17-6-4-16(5-7-17)18-9-19(18)20(26)23-10-14-2-1-3-15(8-14)11-25-13-22-12-24-25/h1-8,12-13,18-19H,9-11H2,(H,23,26). The van der Waals surface area contributed by atoms with Gasteiger partial charge in [-0.05, 0) is 41.2 Å². The highest BCUT2D eigenvalue weighted by atomic mass is 19.1. The van der Waals surface area contributed by atoms with Crippen molar-refractivity contribution in [2.24, 2.45) is 5.92 Å². The molecule has 1 N–H and O–H groups in total. The first-order valence-electron chi connectivity index (χ1n) is 8.62. The van der Waals surface area contributed by atoms with Crippen LogP contribution in [0, 0.1) is 11.7 Å². The highest BCUT2D eigenvalue weighted by Crippen LogP contribution is 2.47. The van der Waals surface area contributed by atoms with E-state index in [1.807, 2.05) is 18.2 Å². The van der Waals surface area contributed by atoms with Crippen molar-refractivity contribution in [3.63, 3.8) is 0 Å². The summed E-state index contributed by atoms with van der Waals surface area (Å²) in [5.41, 5.74) is 3.19. The van der Waals surface area contributed by atoms with Gasteiger partial charge in [-0.2, -0.15) is 5.10 Å². The maximum absolute atomic E-state index is 13.0. The molecule has 1 aromatic heterocycles. The summed E-state index contributed by atoms with van der Waals surface area (Å²) in [5, 5.41) is 7.11. The normalized spacial score (nSPS) is 18.5. The summed E-state index contributed by atoms with van der Waals surface area (Å²) in [6.45, 7) is 1.15. The van der Waals surface area contributed by atoms with E-state index in [1.165, 1.54) is 18.5 Å². The number of halogens is 1. The summed E-state index contributed by atoms with van der Waals surface area (Å²) in [6.07, 6.45) is 4.01. The molecule has 2 atom stereocenters. The van der Waals surface area contributed by atoms with Crippen molar-refractivity contribution in [1.29, 1.82) is 0 Å². The predicted molar refractivity (Wildman–Crippen MR) is 94.7 cm³/mol. The zero-order chi connectivity index (χ0) is 17.9. The second-order valence-corrected chi connectivity index (χ2v) is 6.63. The van der Waals surface area contributed by atoms with E-state index in [9.17, 15) is 9.18 Å². The minimum atomic E-state index is -0.249. The van der Waals surface area contributed by atoms with E-state index < -0.39 is 0 Å². The molecule has 1 saturated carbocycles. The number of amides is 1. The van der Waals surface area contributed by atoms with Crippen LogP contribution >= 0.6 is 0 Å². The molecule has 5 nitrogen and oxygen atoms in total. The van der Waals surface area contributed by atoms with Crippen LogP contribution in [0.5, 0.6) is 0 Å². The van der Waals surface area contributed by atoms with Gasteiger partial charge >= 0.3 is 0 Å². The minimum Gasteiger partial charge on any atom is -0.352 e. The number of nitrogens with one attached hydrogen (secondary N) is 1. The number of nitrogens with zero attached hydrogens (tertiary/aromatic N) is 3. The first kappa shape index (κ1) is 16.4. The summed E-state index contributed by atoms with van der Waals surface area (Å²) < 4.78 is 14.8. The van der Waals surface area contributed by atoms with E-state index in [1.54, 1.807) is 23.1 Å². The van der Waals surface area contributed by atoms with Crippen LogP contribution in [-0.4, -0.2) is 20.7 Å². The summed E-state index contributed by atoms with van der Waals surface area (Å²) in [4.78, 5) is 16.3. The van der Waals surface area contributed by atoms with Gasteiger partial charge in [0, 0.05) is 12.5 Å². The SMILES string of the molecule is O=C(NCc1cccc(Cn2cncn2)c1)C1CC1c1ccc(F)cc1. The van der Waals surface area contributed by atoms with Gasteiger partial charge in [0.15, 0.2) is 0 Å². The number of benzene rings is 2. The Balaban J connectivity index is 1.31. The largest absolute Gasteiger partial charge is 0.352 e. The molecule has 26 heavy (non-hydrogen) atoms. The third-order valence-corrected chi connectivity index (χ3v) is 4.69. The number of hydrogen-bond acceptors (Lipinski definition) is 3. The van der Waals surface area contributed by atoms with E-state index in [-0.39, 0.29) is 23.6 Å². The summed E-state index contributed by atoms with van der Waals surface area (Å²) in [5.74, 6) is -0.00442. The summed E-state index contributed by atoms with van der Waals surface area (Å²) in [6, 6.07) is 14.5. The van der Waals surface area contributed by atoms with Gasteiger partial charge in [0.25, 0.3) is 0 Å². The van der Waals surface area contributed by atoms with Crippen LogP contribution in [0.25, 0.3) is 0 Å². The number of carbonyl (C=O) groups is 1. The van der Waals surface area contributed by atoms with Crippen molar-refractivity contribution < 1.29 is 9.18 Å². The Hall–Kier alpha value is -3.02. The smallest absolute Gasteiger partial charge is 0.224 e. The molecule has 6 heteroatoms. The lowest BCUT2D eigenvalue weighted by Gasteiger charge is -2.08. The molecule has 1 aliphatic rings. The topological polar surface area (TPSA) is 59.8 Å². The lowest BCUT2D eigenvalue weighted by atomic mass is 10.1. The van der Waals surface area contributed by atoms with Crippen LogP contribution < -0.4 is 5.32 Å². The van der Waals surface area contributed by atoms with Gasteiger partial charge in [-0.25, -0.2) is 14.1 Å². The van der Waals surface area contributed by atoms with E-state index >= 15 is 0 Å². The zero-order valence-corrected chi connectivity index (χ0v) is 14.2. The summed E-state index contributed by atoms with van der Waals surface area (Å²) >= 11 is 0. The van der Waals surface area contributed by atoms with E-state index in [0.29, 0.717) is 13.1 Å². The van der Waals surface area contributed by atoms with Crippen molar-refractivity contribution in [2.75, 3.05) is 0 Å². The summed E-state index contributed by atoms with van der Waals surface area (Å²) in [7, 11) is 0. The Morgan fingerprint density at radius 3 is 2.77 bits per heavy atom. The molecular formula is C20H19FN4O. The molecule has 0 radical (unpaired) electrons. The number of carbonyl (C=O) groups excluding carboxylic acids is 1. The van der Waals surface area contributed by atoms with Crippen molar-refractivity contribution >= 4 is 5.91 Å². The first-order chi connectivity index (χ1) is 12.7. The van der Waals surface area contributed by atoms with Gasteiger partial charge in [-0.3, -0.25) is 4.79 Å². The lowest BCUT2D eigenvalue weighted by Crippen LogP contribution is -2.25. The highest BCUT2D eigenvalue weighted by Gasteiger charge is 2.43. The Bertz CT molecular complexity index is 892. The minimum absolute atomic E-state index is 0.0150. The zero-order valence-electron chi connectivity index (χ0n) is 14.2. The molecule has 4 rings (SSSR count). The quantitative estimate of drug-likeness (QED) is 0.744. The first-order valence-corrected chi connectivity index (χ1v) is 8.62. The second-order valence-electron chi connectivity index (χ2n) is 6.63. The van der Waals surface area contributed by atoms with Crippen LogP contribution in [0.3, 0.4) is 0 Å². The fourth-order valence-electron chi connectivity index (χ4n) is 3.22. The van der Waals surface area contributed by atoms with E-state index in [0.717, 1.165) is 23.1 Å². The Morgan fingerprint density at radius 1 is 1.19 bits per heavy atom. The molecule has 132 valence electrons. The molecule has 1 amide bonds. The third-order valence-electron chi connectivity index (χ3n) is 4.69. The molecular weight excluding hydrogens is 331 g/mol. The van der Waals surface area contributed by atoms with Crippen molar-refractivity contribution in [2.45, 2.75) is 25.4 Å². The molecule has 1 fully saturated rings. The maximum Gasteiger partial charge on any atom is 0.224 e. The highest BCUT2D eigenvalue weighted by molar-refractivity contribution is 5.82. The molecule has 2 aromatic carbocycles. The Kier molecular flexibility index (Phi) is 4.48. The van der Waals surface area contributed by atoms with Gasteiger partial charge < -0.3 is 5.32 Å².